The van der Waals surface area contributed by atoms with Crippen molar-refractivity contribution in [3.05, 3.63) is 48.3 Å². The van der Waals surface area contributed by atoms with E-state index < -0.39 is 5.82 Å². The van der Waals surface area contributed by atoms with Crippen LogP contribution in [0.2, 0.25) is 0 Å². The topological polar surface area (TPSA) is 98.0 Å². The summed E-state index contributed by atoms with van der Waals surface area (Å²) in [6.07, 6.45) is 1.74. The molecular formula is C26H29FN6O2. The molecular weight excluding hydrogens is 447 g/mol. The summed E-state index contributed by atoms with van der Waals surface area (Å²) in [6.45, 7) is 8.71. The Bertz CT molecular complexity index is 1380. The molecule has 4 aromatic rings. The number of methoxy groups -OCH3 is 1. The lowest BCUT2D eigenvalue weighted by Crippen LogP contribution is -2.58. The number of phenols is 1. The van der Waals surface area contributed by atoms with Crippen LogP contribution in [0.3, 0.4) is 0 Å². The summed E-state index contributed by atoms with van der Waals surface area (Å²) in [7, 11) is 1.57. The molecule has 0 atom stereocenters. The Kier molecular flexibility index (Phi) is 5.47. The minimum absolute atomic E-state index is 0.0625. The summed E-state index contributed by atoms with van der Waals surface area (Å²) >= 11 is 0. The van der Waals surface area contributed by atoms with Gasteiger partial charge in [0, 0.05) is 22.2 Å². The van der Waals surface area contributed by atoms with Gasteiger partial charge in [0.15, 0.2) is 0 Å². The predicted molar refractivity (Wildman–Crippen MR) is 132 cm³/mol. The van der Waals surface area contributed by atoms with Crippen LogP contribution < -0.4 is 10.1 Å². The predicted octanol–water partition coefficient (Wildman–Crippen LogP) is 4.89. The molecule has 35 heavy (non-hydrogen) atoms. The molecule has 0 bridgehead atoms. The van der Waals surface area contributed by atoms with Crippen molar-refractivity contribution in [1.29, 1.82) is 0 Å². The first-order chi connectivity index (χ1) is 16.5. The van der Waals surface area contributed by atoms with Gasteiger partial charge in [0.25, 0.3) is 0 Å². The third-order valence-electron chi connectivity index (χ3n) is 6.50. The fourth-order valence-corrected chi connectivity index (χ4v) is 5.33. The molecule has 0 radical (unpaired) electrons. The van der Waals surface area contributed by atoms with E-state index in [4.69, 9.17) is 4.74 Å². The molecule has 9 heteroatoms. The van der Waals surface area contributed by atoms with Gasteiger partial charge < -0.3 is 15.2 Å². The van der Waals surface area contributed by atoms with Gasteiger partial charge in [0.2, 0.25) is 5.65 Å². The maximum Gasteiger partial charge on any atom is 0.201 e. The Morgan fingerprint density at radius 3 is 2.31 bits per heavy atom. The summed E-state index contributed by atoms with van der Waals surface area (Å²) < 4.78 is 22.1. The Morgan fingerprint density at radius 2 is 1.66 bits per heavy atom. The van der Waals surface area contributed by atoms with E-state index in [-0.39, 0.29) is 34.0 Å². The van der Waals surface area contributed by atoms with Crippen LogP contribution in [0.4, 0.5) is 4.39 Å². The smallest absolute Gasteiger partial charge is 0.201 e. The van der Waals surface area contributed by atoms with E-state index in [1.54, 1.807) is 37.4 Å². The molecule has 182 valence electrons. The molecule has 0 aliphatic carbocycles. The maximum absolute atomic E-state index is 15.1. The van der Waals surface area contributed by atoms with E-state index in [9.17, 15) is 5.11 Å². The molecule has 1 saturated heterocycles. The molecule has 0 saturated carbocycles. The average molecular weight is 477 g/mol. The summed E-state index contributed by atoms with van der Waals surface area (Å²) in [5, 5.41) is 31.8. The number of aromatic nitrogens is 5. The van der Waals surface area contributed by atoms with Gasteiger partial charge >= 0.3 is 0 Å². The van der Waals surface area contributed by atoms with E-state index in [0.29, 0.717) is 28.2 Å². The van der Waals surface area contributed by atoms with Crippen molar-refractivity contribution < 1.29 is 14.2 Å². The summed E-state index contributed by atoms with van der Waals surface area (Å²) in [5.41, 5.74) is 2.47. The van der Waals surface area contributed by atoms with E-state index in [0.717, 1.165) is 12.8 Å². The lowest BCUT2D eigenvalue weighted by molar-refractivity contribution is 0.127. The fraction of sp³-hybridized carbons (Fsp3) is 0.385. The number of hydrogen-bond donors (Lipinski definition) is 2. The normalized spacial score (nSPS) is 17.5. The molecule has 8 nitrogen and oxygen atoms in total. The van der Waals surface area contributed by atoms with Gasteiger partial charge in [0.1, 0.15) is 22.8 Å². The van der Waals surface area contributed by atoms with Crippen molar-refractivity contribution in [1.82, 2.24) is 30.5 Å². The van der Waals surface area contributed by atoms with E-state index in [1.165, 1.54) is 12.1 Å². The second-order valence-electron chi connectivity index (χ2n) is 10.5. The zero-order valence-corrected chi connectivity index (χ0v) is 20.5. The molecule has 5 rings (SSSR count). The van der Waals surface area contributed by atoms with Crippen LogP contribution in [0.5, 0.6) is 11.5 Å². The quantitative estimate of drug-likeness (QED) is 0.433. The number of aromatic hydroxyl groups is 1. The average Bonchev–Trinajstić information content (AvgIpc) is 3.22. The monoisotopic (exact) mass is 476 g/mol. The third kappa shape index (κ3) is 4.43. The number of fused-ring (bicyclic) bond motifs is 1. The Morgan fingerprint density at radius 1 is 0.971 bits per heavy atom. The Labute approximate surface area is 203 Å². The highest BCUT2D eigenvalue weighted by Crippen LogP contribution is 2.38. The summed E-state index contributed by atoms with van der Waals surface area (Å²) in [5.74, 6) is 0.0936. The number of halogens is 1. The highest BCUT2D eigenvalue weighted by molar-refractivity contribution is 5.79. The van der Waals surface area contributed by atoms with Crippen LogP contribution in [0.15, 0.2) is 42.5 Å². The molecule has 0 amide bonds. The summed E-state index contributed by atoms with van der Waals surface area (Å²) in [6, 6.07) is 11.4. The number of ether oxygens (including phenoxy) is 1. The molecule has 1 fully saturated rings. The number of rotatable bonds is 4. The van der Waals surface area contributed by atoms with Crippen LogP contribution in [0.1, 0.15) is 46.6 Å². The molecule has 2 aromatic carbocycles. The van der Waals surface area contributed by atoms with Crippen LogP contribution in [0, 0.1) is 5.82 Å². The number of nitrogens with zero attached hydrogens (tertiary/aromatic N) is 5. The number of benzene rings is 2. The zero-order chi connectivity index (χ0) is 25.0. The zero-order valence-electron chi connectivity index (χ0n) is 20.5. The molecule has 2 aromatic heterocycles. The van der Waals surface area contributed by atoms with Gasteiger partial charge in [-0.25, -0.2) is 9.07 Å². The summed E-state index contributed by atoms with van der Waals surface area (Å²) in [4.78, 5) is 0. The maximum atomic E-state index is 15.1. The second kappa shape index (κ2) is 8.27. The number of piperidine rings is 1. The molecule has 0 spiro atoms. The number of hydrogen-bond acceptors (Lipinski definition) is 7. The first kappa shape index (κ1) is 23.2. The highest BCUT2D eigenvalue weighted by Gasteiger charge is 2.39. The van der Waals surface area contributed by atoms with Crippen LogP contribution in [0.25, 0.3) is 33.5 Å². The Balaban J connectivity index is 1.49. The first-order valence-electron chi connectivity index (χ1n) is 11.6. The van der Waals surface area contributed by atoms with Gasteiger partial charge in [-0.1, -0.05) is 17.3 Å². The first-order valence-corrected chi connectivity index (χ1v) is 11.6. The van der Waals surface area contributed by atoms with Crippen molar-refractivity contribution in [2.45, 2.75) is 57.7 Å². The highest BCUT2D eigenvalue weighted by atomic mass is 19.1. The number of phenolic OH excluding ortho intramolecular Hbond substituents is 1. The van der Waals surface area contributed by atoms with Gasteiger partial charge in [-0.2, -0.15) is 0 Å². The molecule has 1 aliphatic rings. The molecule has 3 heterocycles. The van der Waals surface area contributed by atoms with E-state index in [2.05, 4.69) is 53.5 Å². The van der Waals surface area contributed by atoms with Crippen molar-refractivity contribution in [3.8, 4) is 33.9 Å². The molecule has 1 aliphatic heterocycles. The van der Waals surface area contributed by atoms with Crippen LogP contribution >= 0.6 is 0 Å². The van der Waals surface area contributed by atoms with Gasteiger partial charge in [-0.15, -0.1) is 15.3 Å². The van der Waals surface area contributed by atoms with Crippen LogP contribution in [-0.2, 0) is 0 Å². The number of nitrogens with one attached hydrogen (secondary N) is 1. The van der Waals surface area contributed by atoms with Crippen molar-refractivity contribution in [3.63, 3.8) is 0 Å². The van der Waals surface area contributed by atoms with Crippen molar-refractivity contribution in [2.75, 3.05) is 7.11 Å². The fourth-order valence-electron chi connectivity index (χ4n) is 5.33. The van der Waals surface area contributed by atoms with Gasteiger partial charge in [0.05, 0.1) is 18.8 Å². The largest absolute Gasteiger partial charge is 0.507 e. The van der Waals surface area contributed by atoms with E-state index >= 15 is 4.39 Å². The SMILES string of the molecule is COc1ccc(-c2cc(O)c(-c3cc4nnn(C5CC(C)(C)NC(C)(C)C5)c4nn3)cc2F)cc1. The van der Waals surface area contributed by atoms with Gasteiger partial charge in [-0.3, -0.25) is 0 Å². The van der Waals surface area contributed by atoms with Crippen molar-refractivity contribution >= 4 is 11.2 Å². The lowest BCUT2D eigenvalue weighted by atomic mass is 9.80. The second-order valence-corrected chi connectivity index (χ2v) is 10.5. The standard InChI is InChI=1S/C26H29FN6O2/c1-25(2)13-16(14-26(3,4)31-25)33-24-22(29-32-33)12-21(28-30-24)19-10-20(27)18(11-23(19)34)15-6-8-17(35-5)9-7-15/h6-12,16,31,34H,13-14H2,1-5H3. The van der Waals surface area contributed by atoms with Crippen molar-refractivity contribution in [2.24, 2.45) is 0 Å². The lowest BCUT2D eigenvalue weighted by Gasteiger charge is -2.46. The minimum atomic E-state index is -0.479. The minimum Gasteiger partial charge on any atom is -0.507 e. The Hall–Kier alpha value is -3.59. The van der Waals surface area contributed by atoms with Crippen LogP contribution in [-0.4, -0.2) is 48.5 Å². The van der Waals surface area contributed by atoms with Gasteiger partial charge in [-0.05, 0) is 76.4 Å². The molecule has 0 unspecified atom stereocenters. The van der Waals surface area contributed by atoms with E-state index in [1.807, 2.05) is 4.68 Å². The molecule has 2 N–H and O–H groups in total. The third-order valence-corrected chi connectivity index (χ3v) is 6.50.